The number of carbonyl (C=O) groups is 1. The van der Waals surface area contributed by atoms with Crippen LogP contribution in [0.1, 0.15) is 21.5 Å². The summed E-state index contributed by atoms with van der Waals surface area (Å²) in [5.41, 5.74) is 4.53. The minimum Gasteiger partial charge on any atom is -0.507 e. The van der Waals surface area contributed by atoms with E-state index in [4.69, 9.17) is 4.74 Å². The molecule has 3 aromatic rings. The lowest BCUT2D eigenvalue weighted by atomic mass is 10.2. The number of para-hydroxylation sites is 1. The molecule has 0 spiro atoms. The van der Waals surface area contributed by atoms with Gasteiger partial charge in [-0.2, -0.15) is 5.10 Å². The second kappa shape index (κ2) is 9.87. The number of ether oxygens (including phenoxy) is 1. The Labute approximate surface area is 190 Å². The lowest BCUT2D eigenvalue weighted by Gasteiger charge is -2.11. The predicted molar refractivity (Wildman–Crippen MR) is 126 cm³/mol. The molecule has 0 saturated heterocycles. The first-order chi connectivity index (χ1) is 13.5. The number of amides is 1. The molecule has 3 aromatic carbocycles. The number of nitrogens with one attached hydrogen (secondary N) is 1. The SMILES string of the molecule is O=C(N/N=C/c1cc(I)c(OCc2ccccc2)c(I)c1)c1ccccc1O. The van der Waals surface area contributed by atoms with Crippen LogP contribution in [0.15, 0.2) is 71.8 Å². The Balaban J connectivity index is 1.66. The Bertz CT molecular complexity index is 985. The molecule has 0 unspecified atom stereocenters. The van der Waals surface area contributed by atoms with E-state index in [1.54, 1.807) is 18.3 Å². The Morgan fingerprint density at radius 3 is 2.36 bits per heavy atom. The molecule has 0 fully saturated rings. The molecule has 0 heterocycles. The molecule has 0 aliphatic heterocycles. The summed E-state index contributed by atoms with van der Waals surface area (Å²) < 4.78 is 7.87. The number of aromatic hydroxyl groups is 1. The molecule has 1 amide bonds. The number of carbonyl (C=O) groups excluding carboxylic acids is 1. The van der Waals surface area contributed by atoms with Crippen LogP contribution in [0.25, 0.3) is 0 Å². The maximum absolute atomic E-state index is 12.1. The van der Waals surface area contributed by atoms with Gasteiger partial charge in [0.25, 0.3) is 5.91 Å². The van der Waals surface area contributed by atoms with Crippen molar-refractivity contribution in [1.82, 2.24) is 5.43 Å². The fourth-order valence-corrected chi connectivity index (χ4v) is 4.54. The molecule has 0 aromatic heterocycles. The number of phenols is 1. The minimum absolute atomic E-state index is 0.0841. The van der Waals surface area contributed by atoms with Gasteiger partial charge in [0, 0.05) is 0 Å². The molecule has 142 valence electrons. The molecule has 0 aliphatic rings. The quantitative estimate of drug-likeness (QED) is 0.240. The lowest BCUT2D eigenvalue weighted by Crippen LogP contribution is -2.17. The number of rotatable bonds is 6. The third-order valence-electron chi connectivity index (χ3n) is 3.78. The molecule has 0 aliphatic carbocycles. The fourth-order valence-electron chi connectivity index (χ4n) is 2.41. The van der Waals surface area contributed by atoms with Crippen molar-refractivity contribution in [3.05, 3.63) is 90.6 Å². The van der Waals surface area contributed by atoms with E-state index in [1.807, 2.05) is 42.5 Å². The lowest BCUT2D eigenvalue weighted by molar-refractivity contribution is 0.0952. The second-order valence-electron chi connectivity index (χ2n) is 5.80. The van der Waals surface area contributed by atoms with Gasteiger partial charge in [0.15, 0.2) is 0 Å². The zero-order valence-corrected chi connectivity index (χ0v) is 18.9. The third-order valence-corrected chi connectivity index (χ3v) is 5.38. The van der Waals surface area contributed by atoms with Gasteiger partial charge in [0.2, 0.25) is 0 Å². The van der Waals surface area contributed by atoms with Gasteiger partial charge in [-0.25, -0.2) is 5.43 Å². The van der Waals surface area contributed by atoms with E-state index in [0.29, 0.717) is 6.61 Å². The molecule has 5 nitrogen and oxygen atoms in total. The number of nitrogens with zero attached hydrogens (tertiary/aromatic N) is 1. The first-order valence-electron chi connectivity index (χ1n) is 8.32. The van der Waals surface area contributed by atoms with Gasteiger partial charge in [-0.1, -0.05) is 42.5 Å². The summed E-state index contributed by atoms with van der Waals surface area (Å²) >= 11 is 4.44. The van der Waals surface area contributed by atoms with Gasteiger partial charge in [-0.3, -0.25) is 4.79 Å². The van der Waals surface area contributed by atoms with Crippen molar-refractivity contribution in [1.29, 1.82) is 0 Å². The standard InChI is InChI=1S/C21H16I2N2O3/c22-17-10-15(12-24-25-21(27)16-8-4-5-9-19(16)26)11-18(23)20(17)28-13-14-6-2-1-3-7-14/h1-12,26H,13H2,(H,25,27)/b24-12+. The van der Waals surface area contributed by atoms with Crippen LogP contribution in [-0.4, -0.2) is 17.2 Å². The van der Waals surface area contributed by atoms with E-state index in [-0.39, 0.29) is 11.3 Å². The Morgan fingerprint density at radius 1 is 1.04 bits per heavy atom. The summed E-state index contributed by atoms with van der Waals surface area (Å²) in [6.07, 6.45) is 1.56. The molecule has 0 bridgehead atoms. The van der Waals surface area contributed by atoms with Crippen LogP contribution in [0.3, 0.4) is 0 Å². The van der Waals surface area contributed by atoms with Crippen molar-refractivity contribution in [2.45, 2.75) is 6.61 Å². The van der Waals surface area contributed by atoms with Crippen LogP contribution in [0.2, 0.25) is 0 Å². The number of hydrazone groups is 1. The molecule has 3 rings (SSSR count). The van der Waals surface area contributed by atoms with Crippen molar-refractivity contribution >= 4 is 57.3 Å². The molecule has 0 radical (unpaired) electrons. The number of halogens is 2. The minimum atomic E-state index is -0.471. The highest BCUT2D eigenvalue weighted by molar-refractivity contribution is 14.1. The zero-order chi connectivity index (χ0) is 19.9. The first kappa shape index (κ1) is 20.6. The highest BCUT2D eigenvalue weighted by Gasteiger charge is 2.10. The van der Waals surface area contributed by atoms with E-state index in [9.17, 15) is 9.90 Å². The molecule has 2 N–H and O–H groups in total. The summed E-state index contributed by atoms with van der Waals surface area (Å²) in [6.45, 7) is 0.497. The number of hydrogen-bond donors (Lipinski definition) is 2. The van der Waals surface area contributed by atoms with Crippen LogP contribution in [-0.2, 0) is 6.61 Å². The molecule has 7 heteroatoms. The van der Waals surface area contributed by atoms with Crippen LogP contribution in [0.5, 0.6) is 11.5 Å². The van der Waals surface area contributed by atoms with Crippen LogP contribution >= 0.6 is 45.2 Å². The van der Waals surface area contributed by atoms with Crippen molar-refractivity contribution in [2.75, 3.05) is 0 Å². The van der Waals surface area contributed by atoms with E-state index >= 15 is 0 Å². The molecular formula is C21H16I2N2O3. The third kappa shape index (κ3) is 5.44. The summed E-state index contributed by atoms with van der Waals surface area (Å²) in [7, 11) is 0. The number of benzene rings is 3. The molecular weight excluding hydrogens is 582 g/mol. The van der Waals surface area contributed by atoms with Gasteiger partial charge in [-0.05, 0) is 80.6 Å². The summed E-state index contributed by atoms with van der Waals surface area (Å²) in [6, 6.07) is 20.2. The van der Waals surface area contributed by atoms with Crippen molar-refractivity contribution in [3.8, 4) is 11.5 Å². The zero-order valence-electron chi connectivity index (χ0n) is 14.6. The number of hydrogen-bond acceptors (Lipinski definition) is 4. The van der Waals surface area contributed by atoms with Crippen molar-refractivity contribution in [2.24, 2.45) is 5.10 Å². The highest BCUT2D eigenvalue weighted by atomic mass is 127. The Hall–Kier alpha value is -2.14. The van der Waals surface area contributed by atoms with Crippen molar-refractivity contribution in [3.63, 3.8) is 0 Å². The average Bonchev–Trinajstić information content (AvgIpc) is 2.68. The van der Waals surface area contributed by atoms with Gasteiger partial charge >= 0.3 is 0 Å². The summed E-state index contributed by atoms with van der Waals surface area (Å²) in [5, 5.41) is 13.7. The van der Waals surface area contributed by atoms with E-state index < -0.39 is 5.91 Å². The number of phenolic OH excluding ortho intramolecular Hbond substituents is 1. The van der Waals surface area contributed by atoms with Gasteiger partial charge < -0.3 is 9.84 Å². The Morgan fingerprint density at radius 2 is 1.68 bits per heavy atom. The molecule has 28 heavy (non-hydrogen) atoms. The van der Waals surface area contributed by atoms with E-state index in [1.165, 1.54) is 12.1 Å². The predicted octanol–water partition coefficient (Wildman–Crippen LogP) is 4.94. The van der Waals surface area contributed by atoms with Crippen molar-refractivity contribution < 1.29 is 14.6 Å². The first-order valence-corrected chi connectivity index (χ1v) is 10.5. The van der Waals surface area contributed by atoms with Crippen LogP contribution in [0, 0.1) is 7.14 Å². The van der Waals surface area contributed by atoms with Crippen LogP contribution < -0.4 is 10.2 Å². The molecule has 0 saturated carbocycles. The highest BCUT2D eigenvalue weighted by Crippen LogP contribution is 2.29. The molecule has 0 atom stereocenters. The maximum Gasteiger partial charge on any atom is 0.275 e. The fraction of sp³-hybridized carbons (Fsp3) is 0.0476. The summed E-state index contributed by atoms with van der Waals surface area (Å²) in [5.74, 6) is 0.265. The maximum atomic E-state index is 12.1. The van der Waals surface area contributed by atoms with E-state index in [2.05, 4.69) is 55.7 Å². The topological polar surface area (TPSA) is 70.9 Å². The monoisotopic (exact) mass is 598 g/mol. The average molecular weight is 598 g/mol. The second-order valence-corrected chi connectivity index (χ2v) is 8.13. The Kier molecular flexibility index (Phi) is 7.26. The summed E-state index contributed by atoms with van der Waals surface area (Å²) in [4.78, 5) is 12.1. The van der Waals surface area contributed by atoms with Crippen LogP contribution in [0.4, 0.5) is 0 Å². The van der Waals surface area contributed by atoms with E-state index in [0.717, 1.165) is 24.0 Å². The normalized spacial score (nSPS) is 10.8. The smallest absolute Gasteiger partial charge is 0.275 e. The van der Waals surface area contributed by atoms with Gasteiger partial charge in [0.1, 0.15) is 18.1 Å². The largest absolute Gasteiger partial charge is 0.507 e. The van der Waals surface area contributed by atoms with Gasteiger partial charge in [0.05, 0.1) is 18.9 Å². The van der Waals surface area contributed by atoms with Gasteiger partial charge in [-0.15, -0.1) is 0 Å².